The lowest BCUT2D eigenvalue weighted by atomic mass is 10.1. The van der Waals surface area contributed by atoms with Crippen LogP contribution < -0.4 is 10.2 Å². The predicted octanol–water partition coefficient (Wildman–Crippen LogP) is 3.19. The van der Waals surface area contributed by atoms with Crippen LogP contribution in [0.25, 0.3) is 0 Å². The summed E-state index contributed by atoms with van der Waals surface area (Å²) in [5.74, 6) is 0.908. The number of hydrogen-bond donors (Lipinski definition) is 1. The molecule has 2 aromatic rings. The molecule has 1 aliphatic heterocycles. The molecule has 5 nitrogen and oxygen atoms in total. The molecular weight excluding hydrogens is 390 g/mol. The SMILES string of the molecule is CS(=O)(=O)c1cccnc1NCC1CCN(c2ccc(Br)cc2)C1. The van der Waals surface area contributed by atoms with E-state index in [-0.39, 0.29) is 4.90 Å². The summed E-state index contributed by atoms with van der Waals surface area (Å²) in [5.41, 5.74) is 1.22. The summed E-state index contributed by atoms with van der Waals surface area (Å²) in [4.78, 5) is 6.80. The van der Waals surface area contributed by atoms with Crippen molar-refractivity contribution in [1.82, 2.24) is 4.98 Å². The van der Waals surface area contributed by atoms with Gasteiger partial charge in [0.25, 0.3) is 0 Å². The second-order valence-electron chi connectivity index (χ2n) is 6.08. The lowest BCUT2D eigenvalue weighted by molar-refractivity contribution is 0.600. The van der Waals surface area contributed by atoms with E-state index in [1.54, 1.807) is 18.3 Å². The second kappa shape index (κ2) is 7.11. The standard InChI is InChI=1S/C17H20BrN3O2S/c1-24(22,23)16-3-2-9-19-17(16)20-11-13-8-10-21(12-13)15-6-4-14(18)5-7-15/h2-7,9,13H,8,10-12H2,1H3,(H,19,20). The minimum absolute atomic E-state index is 0.257. The molecule has 0 radical (unpaired) electrons. The van der Waals surface area contributed by atoms with Gasteiger partial charge in [-0.1, -0.05) is 15.9 Å². The van der Waals surface area contributed by atoms with E-state index < -0.39 is 9.84 Å². The normalized spacial score (nSPS) is 17.9. The Morgan fingerprint density at radius 2 is 2.04 bits per heavy atom. The van der Waals surface area contributed by atoms with Gasteiger partial charge in [0.05, 0.1) is 0 Å². The first-order valence-electron chi connectivity index (χ1n) is 7.83. The summed E-state index contributed by atoms with van der Waals surface area (Å²) in [6, 6.07) is 11.6. The topological polar surface area (TPSA) is 62.3 Å². The highest BCUT2D eigenvalue weighted by Crippen LogP contribution is 2.26. The van der Waals surface area contributed by atoms with Crippen LogP contribution in [-0.4, -0.2) is 39.3 Å². The van der Waals surface area contributed by atoms with Crippen LogP contribution in [0.2, 0.25) is 0 Å². The van der Waals surface area contributed by atoms with E-state index in [2.05, 4.69) is 43.3 Å². The maximum Gasteiger partial charge on any atom is 0.179 e. The lowest BCUT2D eigenvalue weighted by Crippen LogP contribution is -2.23. The van der Waals surface area contributed by atoms with E-state index >= 15 is 0 Å². The van der Waals surface area contributed by atoms with E-state index in [0.29, 0.717) is 18.3 Å². The van der Waals surface area contributed by atoms with E-state index in [0.717, 1.165) is 24.0 Å². The van der Waals surface area contributed by atoms with Crippen LogP contribution in [0.1, 0.15) is 6.42 Å². The fourth-order valence-electron chi connectivity index (χ4n) is 2.95. The van der Waals surface area contributed by atoms with Crippen LogP contribution in [0.3, 0.4) is 0 Å². The molecule has 0 aliphatic carbocycles. The van der Waals surface area contributed by atoms with Crippen molar-refractivity contribution in [3.8, 4) is 0 Å². The number of anilines is 2. The second-order valence-corrected chi connectivity index (χ2v) is 8.98. The van der Waals surface area contributed by atoms with Crippen molar-refractivity contribution in [3.63, 3.8) is 0 Å². The zero-order valence-corrected chi connectivity index (χ0v) is 15.8. The van der Waals surface area contributed by atoms with E-state index in [4.69, 9.17) is 0 Å². The Hall–Kier alpha value is -1.60. The molecule has 1 aliphatic rings. The van der Waals surface area contributed by atoms with E-state index in [1.807, 2.05) is 12.1 Å². The Morgan fingerprint density at radius 1 is 1.29 bits per heavy atom. The monoisotopic (exact) mass is 409 g/mol. The first-order valence-corrected chi connectivity index (χ1v) is 10.5. The number of sulfone groups is 1. The molecule has 0 bridgehead atoms. The zero-order valence-electron chi connectivity index (χ0n) is 13.4. The summed E-state index contributed by atoms with van der Waals surface area (Å²) in [7, 11) is -3.28. The van der Waals surface area contributed by atoms with Gasteiger partial charge in [-0.2, -0.15) is 0 Å². The molecule has 0 saturated carbocycles. The Bertz CT molecular complexity index is 809. The summed E-state index contributed by atoms with van der Waals surface area (Å²) in [6.07, 6.45) is 3.89. The fourth-order valence-corrected chi connectivity index (χ4v) is 4.02. The number of rotatable bonds is 5. The molecule has 24 heavy (non-hydrogen) atoms. The van der Waals surface area contributed by atoms with Crippen LogP contribution in [0.5, 0.6) is 0 Å². The quantitative estimate of drug-likeness (QED) is 0.821. The Balaban J connectivity index is 1.62. The van der Waals surface area contributed by atoms with Crippen LogP contribution >= 0.6 is 15.9 Å². The Kier molecular flexibility index (Phi) is 5.10. The number of hydrogen-bond acceptors (Lipinski definition) is 5. The molecule has 1 aromatic heterocycles. The van der Waals surface area contributed by atoms with Crippen LogP contribution in [0.15, 0.2) is 52.0 Å². The largest absolute Gasteiger partial charge is 0.371 e. The summed E-state index contributed by atoms with van der Waals surface area (Å²) < 4.78 is 24.7. The fraction of sp³-hybridized carbons (Fsp3) is 0.353. The molecule has 3 rings (SSSR count). The van der Waals surface area contributed by atoms with Gasteiger partial charge in [0.15, 0.2) is 9.84 Å². The van der Waals surface area contributed by atoms with Gasteiger partial charge in [0.2, 0.25) is 0 Å². The first-order chi connectivity index (χ1) is 11.4. The Labute approximate surface area is 151 Å². The molecular formula is C17H20BrN3O2S. The van der Waals surface area contributed by atoms with Gasteiger partial charge in [-0.05, 0) is 48.7 Å². The predicted molar refractivity (Wildman–Crippen MR) is 100 cm³/mol. The van der Waals surface area contributed by atoms with Crippen LogP contribution in [0, 0.1) is 5.92 Å². The molecule has 128 valence electrons. The van der Waals surface area contributed by atoms with Gasteiger partial charge in [-0.3, -0.25) is 0 Å². The van der Waals surface area contributed by atoms with Crippen LogP contribution in [-0.2, 0) is 9.84 Å². The van der Waals surface area contributed by atoms with Gasteiger partial charge in [0, 0.05) is 42.2 Å². The molecule has 1 N–H and O–H groups in total. The molecule has 1 atom stereocenters. The van der Waals surface area contributed by atoms with Gasteiger partial charge < -0.3 is 10.2 Å². The molecule has 1 saturated heterocycles. The molecule has 2 heterocycles. The minimum atomic E-state index is -3.28. The van der Waals surface area contributed by atoms with Gasteiger partial charge in [-0.25, -0.2) is 13.4 Å². The highest BCUT2D eigenvalue weighted by molar-refractivity contribution is 9.10. The van der Waals surface area contributed by atoms with Crippen LogP contribution in [0.4, 0.5) is 11.5 Å². The zero-order chi connectivity index (χ0) is 17.2. The molecule has 1 aromatic carbocycles. The molecule has 0 amide bonds. The van der Waals surface area contributed by atoms with Crippen molar-refractivity contribution < 1.29 is 8.42 Å². The van der Waals surface area contributed by atoms with Crippen molar-refractivity contribution in [3.05, 3.63) is 47.1 Å². The minimum Gasteiger partial charge on any atom is -0.371 e. The van der Waals surface area contributed by atoms with Crippen molar-refractivity contribution in [2.24, 2.45) is 5.92 Å². The number of pyridine rings is 1. The summed E-state index contributed by atoms with van der Waals surface area (Å²) in [6.45, 7) is 2.68. The Morgan fingerprint density at radius 3 is 2.75 bits per heavy atom. The number of benzene rings is 1. The number of aromatic nitrogens is 1. The third-order valence-corrected chi connectivity index (χ3v) is 5.86. The molecule has 7 heteroatoms. The highest BCUT2D eigenvalue weighted by atomic mass is 79.9. The van der Waals surface area contributed by atoms with Crippen molar-refractivity contribution >= 4 is 37.3 Å². The van der Waals surface area contributed by atoms with Gasteiger partial charge >= 0.3 is 0 Å². The van der Waals surface area contributed by atoms with Crippen molar-refractivity contribution in [2.75, 3.05) is 36.1 Å². The van der Waals surface area contributed by atoms with Gasteiger partial charge in [-0.15, -0.1) is 0 Å². The number of halogens is 1. The van der Waals surface area contributed by atoms with Crippen molar-refractivity contribution in [2.45, 2.75) is 11.3 Å². The maximum absolute atomic E-state index is 11.8. The molecule has 0 spiro atoms. The lowest BCUT2D eigenvalue weighted by Gasteiger charge is -2.19. The van der Waals surface area contributed by atoms with Gasteiger partial charge in [0.1, 0.15) is 10.7 Å². The summed E-state index contributed by atoms with van der Waals surface area (Å²) >= 11 is 3.45. The smallest absolute Gasteiger partial charge is 0.179 e. The summed E-state index contributed by atoms with van der Waals surface area (Å²) in [5, 5.41) is 3.22. The third kappa shape index (κ3) is 4.08. The maximum atomic E-state index is 11.8. The van der Waals surface area contributed by atoms with E-state index in [1.165, 1.54) is 11.9 Å². The molecule has 1 fully saturated rings. The average molecular weight is 410 g/mol. The number of nitrogens with one attached hydrogen (secondary N) is 1. The van der Waals surface area contributed by atoms with E-state index in [9.17, 15) is 8.42 Å². The third-order valence-electron chi connectivity index (χ3n) is 4.21. The molecule has 1 unspecified atom stereocenters. The highest BCUT2D eigenvalue weighted by Gasteiger charge is 2.23. The number of nitrogens with zero attached hydrogens (tertiary/aromatic N) is 2. The average Bonchev–Trinajstić information content (AvgIpc) is 3.02. The van der Waals surface area contributed by atoms with Crippen molar-refractivity contribution in [1.29, 1.82) is 0 Å². The first kappa shape index (κ1) is 17.2.